The maximum atomic E-state index is 13.1. The van der Waals surface area contributed by atoms with Crippen LogP contribution in [0.15, 0.2) is 42.5 Å². The maximum Gasteiger partial charge on any atom is 0.223 e. The van der Waals surface area contributed by atoms with E-state index in [9.17, 15) is 4.79 Å². The van der Waals surface area contributed by atoms with Gasteiger partial charge in [-0.15, -0.1) is 0 Å². The Morgan fingerprint density at radius 2 is 1.97 bits per heavy atom. The van der Waals surface area contributed by atoms with Crippen LogP contribution in [-0.4, -0.2) is 29.5 Å². The lowest BCUT2D eigenvalue weighted by atomic mass is 9.88. The van der Waals surface area contributed by atoms with Gasteiger partial charge in [-0.2, -0.15) is 0 Å². The third-order valence-corrected chi connectivity index (χ3v) is 6.43. The van der Waals surface area contributed by atoms with Crippen molar-refractivity contribution < 1.29 is 9.53 Å². The summed E-state index contributed by atoms with van der Waals surface area (Å²) in [5.74, 6) is 1.14. The Morgan fingerprint density at radius 1 is 1.20 bits per heavy atom. The Labute approximate surface area is 184 Å². The average molecular weight is 427 g/mol. The smallest absolute Gasteiger partial charge is 0.223 e. The molecular formula is C25H31ClN2O2. The van der Waals surface area contributed by atoms with E-state index in [0.29, 0.717) is 0 Å². The number of hydrogen-bond acceptors (Lipinski definition) is 3. The highest BCUT2D eigenvalue weighted by Crippen LogP contribution is 2.40. The number of amides is 1. The first kappa shape index (κ1) is 21.2. The van der Waals surface area contributed by atoms with Crippen LogP contribution in [0.5, 0.6) is 5.75 Å². The number of carbonyl (C=O) groups excluding carboxylic acids is 1. The molecule has 2 heterocycles. The standard InChI is InChI=1S/C25H31ClN2O2/c1-17-7-8-21-22(15-25(2,3)30-23(21)13-17)27-24(29)19-9-11-28(12-10-19)16-18-5-4-6-20(26)14-18/h4-8,13-14,19,22H,9-12,15-16H2,1-3H3,(H,27,29)/t22-/m1/s1. The Kier molecular flexibility index (Phi) is 6.08. The van der Waals surface area contributed by atoms with Crippen molar-refractivity contribution in [2.45, 2.75) is 58.2 Å². The fourth-order valence-corrected chi connectivity index (χ4v) is 4.84. The van der Waals surface area contributed by atoms with Gasteiger partial charge in [0.05, 0.1) is 6.04 Å². The van der Waals surface area contributed by atoms with Gasteiger partial charge in [-0.1, -0.05) is 35.9 Å². The molecule has 2 aliphatic rings. The Balaban J connectivity index is 1.36. The first-order valence-corrected chi connectivity index (χ1v) is 11.2. The van der Waals surface area contributed by atoms with E-state index in [1.807, 2.05) is 18.2 Å². The number of hydrogen-bond donors (Lipinski definition) is 1. The van der Waals surface area contributed by atoms with Gasteiger partial charge in [0.15, 0.2) is 0 Å². The molecule has 1 fully saturated rings. The van der Waals surface area contributed by atoms with E-state index < -0.39 is 0 Å². The predicted molar refractivity (Wildman–Crippen MR) is 121 cm³/mol. The molecule has 0 spiro atoms. The molecule has 2 aromatic rings. The van der Waals surface area contributed by atoms with Crippen molar-refractivity contribution in [1.29, 1.82) is 0 Å². The van der Waals surface area contributed by atoms with Crippen molar-refractivity contribution in [3.05, 3.63) is 64.2 Å². The van der Waals surface area contributed by atoms with Crippen molar-refractivity contribution in [1.82, 2.24) is 10.2 Å². The second-order valence-electron chi connectivity index (χ2n) is 9.35. The van der Waals surface area contributed by atoms with E-state index in [0.717, 1.165) is 55.2 Å². The molecular weight excluding hydrogens is 396 g/mol. The number of fused-ring (bicyclic) bond motifs is 1. The fourth-order valence-electron chi connectivity index (χ4n) is 4.62. The quantitative estimate of drug-likeness (QED) is 0.723. The lowest BCUT2D eigenvalue weighted by Crippen LogP contribution is -2.45. The number of nitrogens with one attached hydrogen (secondary N) is 1. The molecule has 0 unspecified atom stereocenters. The van der Waals surface area contributed by atoms with Crippen molar-refractivity contribution in [2.75, 3.05) is 13.1 Å². The summed E-state index contributed by atoms with van der Waals surface area (Å²) >= 11 is 6.10. The van der Waals surface area contributed by atoms with Gasteiger partial charge < -0.3 is 10.1 Å². The highest BCUT2D eigenvalue weighted by Gasteiger charge is 2.36. The first-order valence-electron chi connectivity index (χ1n) is 10.9. The summed E-state index contributed by atoms with van der Waals surface area (Å²) in [5, 5.41) is 4.11. The molecule has 4 nitrogen and oxygen atoms in total. The van der Waals surface area contributed by atoms with Crippen LogP contribution in [0.4, 0.5) is 0 Å². The van der Waals surface area contributed by atoms with Crippen LogP contribution in [0.3, 0.4) is 0 Å². The molecule has 0 bridgehead atoms. The monoisotopic (exact) mass is 426 g/mol. The molecule has 2 aliphatic heterocycles. The van der Waals surface area contributed by atoms with Gasteiger partial charge in [-0.3, -0.25) is 9.69 Å². The molecule has 0 aliphatic carbocycles. The largest absolute Gasteiger partial charge is 0.487 e. The fraction of sp³-hybridized carbons (Fsp3) is 0.480. The molecule has 1 amide bonds. The van der Waals surface area contributed by atoms with Crippen LogP contribution in [0.1, 0.15) is 55.8 Å². The summed E-state index contributed by atoms with van der Waals surface area (Å²) in [6.45, 7) is 8.99. The second-order valence-corrected chi connectivity index (χ2v) is 9.79. The van der Waals surface area contributed by atoms with Crippen molar-refractivity contribution in [2.24, 2.45) is 5.92 Å². The summed E-state index contributed by atoms with van der Waals surface area (Å²) < 4.78 is 6.17. The number of piperidine rings is 1. The number of aryl methyl sites for hydroxylation is 1. The summed E-state index contributed by atoms with van der Waals surface area (Å²) in [6.07, 6.45) is 2.56. The molecule has 1 saturated heterocycles. The van der Waals surface area contributed by atoms with E-state index in [1.165, 1.54) is 11.1 Å². The molecule has 0 aromatic heterocycles. The number of likely N-dealkylation sites (tertiary alicyclic amines) is 1. The zero-order valence-corrected chi connectivity index (χ0v) is 18.8. The highest BCUT2D eigenvalue weighted by atomic mass is 35.5. The minimum absolute atomic E-state index is 0.00124. The molecule has 5 heteroatoms. The number of halogens is 1. The third kappa shape index (κ3) is 4.98. The molecule has 160 valence electrons. The Morgan fingerprint density at radius 3 is 2.70 bits per heavy atom. The number of benzene rings is 2. The summed E-state index contributed by atoms with van der Waals surface area (Å²) in [5.41, 5.74) is 3.19. The maximum absolute atomic E-state index is 13.1. The van der Waals surface area contributed by atoms with Crippen LogP contribution >= 0.6 is 11.6 Å². The normalized spacial score (nSPS) is 21.5. The topological polar surface area (TPSA) is 41.6 Å². The summed E-state index contributed by atoms with van der Waals surface area (Å²) in [4.78, 5) is 15.5. The number of nitrogens with zero attached hydrogens (tertiary/aromatic N) is 1. The van der Waals surface area contributed by atoms with Crippen molar-refractivity contribution in [3.8, 4) is 5.75 Å². The van der Waals surface area contributed by atoms with Gasteiger partial charge in [-0.05, 0) is 76.0 Å². The van der Waals surface area contributed by atoms with Crippen molar-refractivity contribution >= 4 is 17.5 Å². The zero-order chi connectivity index (χ0) is 21.3. The number of rotatable bonds is 4. The van der Waals surface area contributed by atoms with Crippen LogP contribution in [0.25, 0.3) is 0 Å². The van der Waals surface area contributed by atoms with Crippen LogP contribution in [0.2, 0.25) is 5.02 Å². The molecule has 0 saturated carbocycles. The minimum Gasteiger partial charge on any atom is -0.487 e. The van der Waals surface area contributed by atoms with Gasteiger partial charge in [0, 0.05) is 29.5 Å². The summed E-state index contributed by atoms with van der Waals surface area (Å²) in [7, 11) is 0. The molecule has 1 N–H and O–H groups in total. The van der Waals surface area contributed by atoms with Gasteiger partial charge in [0.2, 0.25) is 5.91 Å². The molecule has 4 rings (SSSR count). The van der Waals surface area contributed by atoms with E-state index in [2.05, 4.69) is 55.3 Å². The highest BCUT2D eigenvalue weighted by molar-refractivity contribution is 6.30. The van der Waals surface area contributed by atoms with Crippen molar-refractivity contribution in [3.63, 3.8) is 0 Å². The Hall–Kier alpha value is -2.04. The van der Waals surface area contributed by atoms with Crippen LogP contribution < -0.4 is 10.1 Å². The first-order chi connectivity index (χ1) is 14.3. The third-order valence-electron chi connectivity index (χ3n) is 6.20. The van der Waals surface area contributed by atoms with E-state index in [1.54, 1.807) is 0 Å². The lowest BCUT2D eigenvalue weighted by Gasteiger charge is -2.39. The van der Waals surface area contributed by atoms with E-state index in [4.69, 9.17) is 16.3 Å². The SMILES string of the molecule is Cc1ccc2c(c1)OC(C)(C)C[C@H]2NC(=O)C1CCN(Cc2cccc(Cl)c2)CC1. The molecule has 30 heavy (non-hydrogen) atoms. The summed E-state index contributed by atoms with van der Waals surface area (Å²) in [6, 6.07) is 14.3. The number of carbonyl (C=O) groups is 1. The van der Waals surface area contributed by atoms with Gasteiger partial charge in [0.1, 0.15) is 11.4 Å². The van der Waals surface area contributed by atoms with E-state index in [-0.39, 0.29) is 23.5 Å². The lowest BCUT2D eigenvalue weighted by molar-refractivity contribution is -0.127. The van der Waals surface area contributed by atoms with E-state index >= 15 is 0 Å². The number of ether oxygens (including phenoxy) is 1. The van der Waals surface area contributed by atoms with Crippen LogP contribution in [0, 0.1) is 12.8 Å². The molecule has 0 radical (unpaired) electrons. The Bertz CT molecular complexity index is 919. The predicted octanol–water partition coefficient (Wildman–Crippen LogP) is 5.28. The second kappa shape index (κ2) is 8.60. The molecule has 1 atom stereocenters. The minimum atomic E-state index is -0.293. The van der Waals surface area contributed by atoms with Gasteiger partial charge >= 0.3 is 0 Å². The van der Waals surface area contributed by atoms with Crippen LogP contribution in [-0.2, 0) is 11.3 Å². The zero-order valence-electron chi connectivity index (χ0n) is 18.1. The van der Waals surface area contributed by atoms with Gasteiger partial charge in [0.25, 0.3) is 0 Å². The molecule has 2 aromatic carbocycles. The van der Waals surface area contributed by atoms with Gasteiger partial charge in [-0.25, -0.2) is 0 Å². The average Bonchev–Trinajstić information content (AvgIpc) is 2.67.